The average molecular weight is 392 g/mol. The molecule has 0 bridgehead atoms. The summed E-state index contributed by atoms with van der Waals surface area (Å²) in [5, 5.41) is 7.22. The van der Waals surface area contributed by atoms with Crippen LogP contribution in [0.15, 0.2) is 22.7 Å². The van der Waals surface area contributed by atoms with Crippen LogP contribution < -0.4 is 0 Å². The van der Waals surface area contributed by atoms with Crippen molar-refractivity contribution >= 4 is 38.5 Å². The fraction of sp³-hybridized carbons (Fsp3) is 0.273. The smallest absolute Gasteiger partial charge is 0.182 e. The second-order valence-corrected chi connectivity index (χ2v) is 5.56. The SMILES string of the molecule is CCCc1nc(-c2cc(Br)ccc2I)n[nH]1. The van der Waals surface area contributed by atoms with E-state index in [0.29, 0.717) is 0 Å². The number of aromatic nitrogens is 3. The summed E-state index contributed by atoms with van der Waals surface area (Å²) in [6.45, 7) is 2.13. The Labute approximate surface area is 116 Å². The van der Waals surface area contributed by atoms with E-state index in [2.05, 4.69) is 66.7 Å². The molecular formula is C11H11BrIN3. The number of nitrogens with zero attached hydrogens (tertiary/aromatic N) is 2. The second kappa shape index (κ2) is 5.27. The van der Waals surface area contributed by atoms with Crippen LogP contribution in [0.25, 0.3) is 11.4 Å². The van der Waals surface area contributed by atoms with Crippen LogP contribution in [-0.4, -0.2) is 15.2 Å². The van der Waals surface area contributed by atoms with Gasteiger partial charge in [-0.05, 0) is 47.2 Å². The molecule has 5 heteroatoms. The number of hydrogen-bond donors (Lipinski definition) is 1. The maximum Gasteiger partial charge on any atom is 0.182 e. The predicted octanol–water partition coefficient (Wildman–Crippen LogP) is 3.79. The summed E-state index contributed by atoms with van der Waals surface area (Å²) in [5.41, 5.74) is 1.06. The molecule has 84 valence electrons. The molecular weight excluding hydrogens is 381 g/mol. The van der Waals surface area contributed by atoms with Gasteiger partial charge in [0.25, 0.3) is 0 Å². The minimum absolute atomic E-state index is 0.772. The first-order chi connectivity index (χ1) is 7.70. The average Bonchev–Trinajstić information content (AvgIpc) is 2.71. The number of hydrogen-bond acceptors (Lipinski definition) is 2. The number of aromatic amines is 1. The zero-order chi connectivity index (χ0) is 11.5. The van der Waals surface area contributed by atoms with E-state index in [4.69, 9.17) is 0 Å². The van der Waals surface area contributed by atoms with Crippen molar-refractivity contribution in [1.29, 1.82) is 0 Å². The van der Waals surface area contributed by atoms with Crippen LogP contribution in [0, 0.1) is 3.57 Å². The Bertz CT molecular complexity index is 496. The van der Waals surface area contributed by atoms with E-state index in [0.717, 1.165) is 38.1 Å². The quantitative estimate of drug-likeness (QED) is 0.808. The van der Waals surface area contributed by atoms with Gasteiger partial charge in [0.15, 0.2) is 5.82 Å². The van der Waals surface area contributed by atoms with Gasteiger partial charge in [-0.2, -0.15) is 5.10 Å². The molecule has 1 aromatic heterocycles. The summed E-state index contributed by atoms with van der Waals surface area (Å²) in [6, 6.07) is 6.11. The standard InChI is InChI=1S/C11H11BrIN3/c1-2-3-10-14-11(16-15-10)8-6-7(12)4-5-9(8)13/h4-6H,2-3H2,1H3,(H,14,15,16). The summed E-state index contributed by atoms with van der Waals surface area (Å²) in [7, 11) is 0. The Morgan fingerprint density at radius 1 is 1.44 bits per heavy atom. The van der Waals surface area contributed by atoms with Crippen LogP contribution in [-0.2, 0) is 6.42 Å². The van der Waals surface area contributed by atoms with Gasteiger partial charge in [0.2, 0.25) is 0 Å². The van der Waals surface area contributed by atoms with Crippen molar-refractivity contribution in [3.8, 4) is 11.4 Å². The lowest BCUT2D eigenvalue weighted by Crippen LogP contribution is -1.87. The molecule has 0 aliphatic carbocycles. The third-order valence-electron chi connectivity index (χ3n) is 2.19. The van der Waals surface area contributed by atoms with Gasteiger partial charge in [0.05, 0.1) is 0 Å². The minimum atomic E-state index is 0.772. The van der Waals surface area contributed by atoms with Gasteiger partial charge in [-0.1, -0.05) is 22.9 Å². The lowest BCUT2D eigenvalue weighted by atomic mass is 10.2. The number of H-pyrrole nitrogens is 1. The number of benzene rings is 1. The highest BCUT2D eigenvalue weighted by molar-refractivity contribution is 14.1. The zero-order valence-corrected chi connectivity index (χ0v) is 12.5. The van der Waals surface area contributed by atoms with Crippen LogP contribution in [0.3, 0.4) is 0 Å². The van der Waals surface area contributed by atoms with Crippen molar-refractivity contribution in [2.24, 2.45) is 0 Å². The van der Waals surface area contributed by atoms with Crippen molar-refractivity contribution in [3.63, 3.8) is 0 Å². The van der Waals surface area contributed by atoms with E-state index in [1.807, 2.05) is 12.1 Å². The highest BCUT2D eigenvalue weighted by Crippen LogP contribution is 2.25. The van der Waals surface area contributed by atoms with Crippen molar-refractivity contribution in [2.75, 3.05) is 0 Å². The molecule has 16 heavy (non-hydrogen) atoms. The summed E-state index contributed by atoms with van der Waals surface area (Å²) in [5.74, 6) is 1.72. The lowest BCUT2D eigenvalue weighted by molar-refractivity contribution is 0.841. The Balaban J connectivity index is 2.38. The molecule has 0 atom stereocenters. The van der Waals surface area contributed by atoms with Gasteiger partial charge in [0, 0.05) is 20.0 Å². The van der Waals surface area contributed by atoms with Crippen molar-refractivity contribution in [2.45, 2.75) is 19.8 Å². The molecule has 0 radical (unpaired) electrons. The van der Waals surface area contributed by atoms with Gasteiger partial charge in [-0.25, -0.2) is 4.98 Å². The first-order valence-corrected chi connectivity index (χ1v) is 6.94. The van der Waals surface area contributed by atoms with Crippen LogP contribution in [0.4, 0.5) is 0 Å². The predicted molar refractivity (Wildman–Crippen MR) is 76.2 cm³/mol. The van der Waals surface area contributed by atoms with E-state index < -0.39 is 0 Å². The lowest BCUT2D eigenvalue weighted by Gasteiger charge is -1.99. The summed E-state index contributed by atoms with van der Waals surface area (Å²) >= 11 is 5.76. The van der Waals surface area contributed by atoms with E-state index in [1.165, 1.54) is 0 Å². The van der Waals surface area contributed by atoms with Crippen molar-refractivity contribution in [3.05, 3.63) is 32.1 Å². The maximum absolute atomic E-state index is 4.48. The van der Waals surface area contributed by atoms with Gasteiger partial charge in [-0.3, -0.25) is 5.10 Å². The normalized spacial score (nSPS) is 10.7. The molecule has 0 saturated carbocycles. The van der Waals surface area contributed by atoms with Crippen molar-refractivity contribution < 1.29 is 0 Å². The molecule has 3 nitrogen and oxygen atoms in total. The highest BCUT2D eigenvalue weighted by atomic mass is 127. The van der Waals surface area contributed by atoms with E-state index >= 15 is 0 Å². The molecule has 0 amide bonds. The molecule has 1 heterocycles. The van der Waals surface area contributed by atoms with E-state index in [-0.39, 0.29) is 0 Å². The van der Waals surface area contributed by atoms with Crippen LogP contribution in [0.5, 0.6) is 0 Å². The summed E-state index contributed by atoms with van der Waals surface area (Å²) in [6.07, 6.45) is 2.02. The van der Waals surface area contributed by atoms with E-state index in [1.54, 1.807) is 0 Å². The number of nitrogens with one attached hydrogen (secondary N) is 1. The molecule has 0 fully saturated rings. The van der Waals surface area contributed by atoms with Crippen LogP contribution in [0.2, 0.25) is 0 Å². The Kier molecular flexibility index (Phi) is 3.96. The molecule has 0 unspecified atom stereocenters. The highest BCUT2D eigenvalue weighted by Gasteiger charge is 2.09. The fourth-order valence-corrected chi connectivity index (χ4v) is 2.37. The molecule has 0 spiro atoms. The number of halogens is 2. The molecule has 1 N–H and O–H groups in total. The fourth-order valence-electron chi connectivity index (χ4n) is 1.43. The van der Waals surface area contributed by atoms with Crippen molar-refractivity contribution in [1.82, 2.24) is 15.2 Å². The molecule has 0 aliphatic rings. The summed E-state index contributed by atoms with van der Waals surface area (Å²) in [4.78, 5) is 4.48. The van der Waals surface area contributed by atoms with Gasteiger partial charge >= 0.3 is 0 Å². The zero-order valence-electron chi connectivity index (χ0n) is 8.80. The Morgan fingerprint density at radius 2 is 2.25 bits per heavy atom. The molecule has 2 aromatic rings. The molecule has 0 aliphatic heterocycles. The monoisotopic (exact) mass is 391 g/mol. The van der Waals surface area contributed by atoms with Gasteiger partial charge in [-0.15, -0.1) is 0 Å². The topological polar surface area (TPSA) is 41.6 Å². The van der Waals surface area contributed by atoms with Crippen LogP contribution in [0.1, 0.15) is 19.2 Å². The number of rotatable bonds is 3. The minimum Gasteiger partial charge on any atom is -0.263 e. The first-order valence-electron chi connectivity index (χ1n) is 5.07. The maximum atomic E-state index is 4.48. The third kappa shape index (κ3) is 2.63. The Morgan fingerprint density at radius 3 is 3.00 bits per heavy atom. The molecule has 0 saturated heterocycles. The Hall–Kier alpha value is -0.430. The first kappa shape index (κ1) is 12.0. The largest absolute Gasteiger partial charge is 0.263 e. The van der Waals surface area contributed by atoms with E-state index in [9.17, 15) is 0 Å². The summed E-state index contributed by atoms with van der Waals surface area (Å²) < 4.78 is 2.20. The number of aryl methyl sites for hydroxylation is 1. The van der Waals surface area contributed by atoms with Gasteiger partial charge < -0.3 is 0 Å². The molecule has 1 aromatic carbocycles. The van der Waals surface area contributed by atoms with Crippen LogP contribution >= 0.6 is 38.5 Å². The third-order valence-corrected chi connectivity index (χ3v) is 3.62. The second-order valence-electron chi connectivity index (χ2n) is 3.48. The van der Waals surface area contributed by atoms with Gasteiger partial charge in [0.1, 0.15) is 5.82 Å². The molecule has 2 rings (SSSR count).